The van der Waals surface area contributed by atoms with Crippen LogP contribution in [0.15, 0.2) is 60.7 Å². The number of hydrogen-bond donors (Lipinski definition) is 3. The number of carbonyl (C=O) groups is 2. The topological polar surface area (TPSA) is 140 Å². The fourth-order valence-corrected chi connectivity index (χ4v) is 3.75. The SMILES string of the molecule is O=C(O)CCC(C(=O)O)C(OCc1ccccc1)P(=O)(O)OOc1ccccc1. The molecule has 0 heterocycles. The van der Waals surface area contributed by atoms with Crippen LogP contribution in [0.2, 0.25) is 0 Å². The normalized spacial score (nSPS) is 15.1. The molecular formula is C19H21O9P. The lowest BCUT2D eigenvalue weighted by Gasteiger charge is -2.26. The summed E-state index contributed by atoms with van der Waals surface area (Å²) in [6.45, 7) is -0.179. The second kappa shape index (κ2) is 10.7. The molecule has 3 N–H and O–H groups in total. The van der Waals surface area contributed by atoms with Gasteiger partial charge in [0.15, 0.2) is 11.6 Å². The Morgan fingerprint density at radius 2 is 1.55 bits per heavy atom. The molecule has 0 aliphatic heterocycles. The number of carboxylic acids is 2. The summed E-state index contributed by atoms with van der Waals surface area (Å²) in [4.78, 5) is 37.8. The molecule has 0 saturated heterocycles. The van der Waals surface area contributed by atoms with Crippen LogP contribution in [0.4, 0.5) is 0 Å². The molecule has 156 valence electrons. The van der Waals surface area contributed by atoms with Crippen LogP contribution in [0, 0.1) is 5.92 Å². The predicted molar refractivity (Wildman–Crippen MR) is 101 cm³/mol. The lowest BCUT2D eigenvalue weighted by Crippen LogP contribution is -2.32. The van der Waals surface area contributed by atoms with Crippen LogP contribution in [0.3, 0.4) is 0 Å². The molecule has 0 bridgehead atoms. The molecule has 9 nitrogen and oxygen atoms in total. The van der Waals surface area contributed by atoms with E-state index in [0.717, 1.165) is 0 Å². The third kappa shape index (κ3) is 7.32. The number of carboxylic acid groups (broad SMARTS) is 2. The van der Waals surface area contributed by atoms with Crippen LogP contribution >= 0.6 is 7.60 Å². The quantitative estimate of drug-likeness (QED) is 0.266. The van der Waals surface area contributed by atoms with E-state index in [9.17, 15) is 24.2 Å². The Labute approximate surface area is 166 Å². The van der Waals surface area contributed by atoms with Crippen molar-refractivity contribution in [2.24, 2.45) is 5.92 Å². The molecule has 2 rings (SSSR count). The van der Waals surface area contributed by atoms with Crippen molar-refractivity contribution in [1.82, 2.24) is 0 Å². The number of hydrogen-bond acceptors (Lipinski definition) is 6. The van der Waals surface area contributed by atoms with Gasteiger partial charge in [0.05, 0.1) is 12.5 Å². The molecule has 0 spiro atoms. The minimum Gasteiger partial charge on any atom is -0.481 e. The largest absolute Gasteiger partial charge is 0.481 e. The van der Waals surface area contributed by atoms with Gasteiger partial charge in [0.1, 0.15) is 0 Å². The zero-order chi connectivity index (χ0) is 21.3. The van der Waals surface area contributed by atoms with E-state index in [1.807, 2.05) is 0 Å². The van der Waals surface area contributed by atoms with E-state index >= 15 is 0 Å². The zero-order valence-electron chi connectivity index (χ0n) is 15.3. The molecule has 3 unspecified atom stereocenters. The van der Waals surface area contributed by atoms with E-state index in [1.54, 1.807) is 48.5 Å². The smallest absolute Gasteiger partial charge is 0.395 e. The summed E-state index contributed by atoms with van der Waals surface area (Å²) in [5.74, 6) is -6.05. The van der Waals surface area contributed by atoms with Gasteiger partial charge in [-0.3, -0.25) is 14.2 Å². The standard InChI is InChI=1S/C19H21O9P/c20-17(21)12-11-16(18(22)23)19(26-13-14-7-3-1-4-8-14)29(24,25)28-27-15-9-5-2-6-10-15/h1-10,16,19H,11-13H2,(H,20,21)(H,22,23)(H,24,25). The average Bonchev–Trinajstić information content (AvgIpc) is 2.70. The average molecular weight is 424 g/mol. The number of ether oxygens (including phenoxy) is 1. The minimum atomic E-state index is -4.79. The Hall–Kier alpha value is -2.71. The molecular weight excluding hydrogens is 403 g/mol. The fraction of sp³-hybridized carbons (Fsp3) is 0.263. The molecule has 0 saturated carbocycles. The Balaban J connectivity index is 2.21. The van der Waals surface area contributed by atoms with Gasteiger partial charge in [0.2, 0.25) is 0 Å². The van der Waals surface area contributed by atoms with Crippen molar-refractivity contribution in [1.29, 1.82) is 0 Å². The molecule has 3 atom stereocenters. The molecule has 0 aliphatic carbocycles. The first-order valence-corrected chi connectivity index (χ1v) is 10.3. The lowest BCUT2D eigenvalue weighted by atomic mass is 10.0. The van der Waals surface area contributed by atoms with Crippen molar-refractivity contribution < 1.29 is 43.6 Å². The van der Waals surface area contributed by atoms with Crippen molar-refractivity contribution in [3.05, 3.63) is 66.2 Å². The summed E-state index contributed by atoms with van der Waals surface area (Å²) in [7, 11) is -4.79. The maximum absolute atomic E-state index is 12.8. The molecule has 0 amide bonds. The van der Waals surface area contributed by atoms with Crippen molar-refractivity contribution in [3.63, 3.8) is 0 Å². The summed E-state index contributed by atoms with van der Waals surface area (Å²) in [5.41, 5.74) is 0.629. The molecule has 0 aromatic heterocycles. The van der Waals surface area contributed by atoms with Crippen molar-refractivity contribution in [3.8, 4) is 5.75 Å². The van der Waals surface area contributed by atoms with Crippen LogP contribution in [0.25, 0.3) is 0 Å². The van der Waals surface area contributed by atoms with Gasteiger partial charge in [0.25, 0.3) is 0 Å². The van der Waals surface area contributed by atoms with E-state index in [1.165, 1.54) is 12.1 Å². The molecule has 10 heteroatoms. The van der Waals surface area contributed by atoms with Gasteiger partial charge < -0.3 is 24.7 Å². The fourth-order valence-electron chi connectivity index (χ4n) is 2.48. The van der Waals surface area contributed by atoms with Gasteiger partial charge in [-0.25, -0.2) is 0 Å². The van der Waals surface area contributed by atoms with E-state index in [4.69, 9.17) is 14.7 Å². The highest BCUT2D eigenvalue weighted by Gasteiger charge is 2.45. The molecule has 0 fully saturated rings. The summed E-state index contributed by atoms with van der Waals surface area (Å²) < 4.78 is 22.9. The van der Waals surface area contributed by atoms with Crippen LogP contribution in [0.1, 0.15) is 18.4 Å². The lowest BCUT2D eigenvalue weighted by molar-refractivity contribution is -0.151. The summed E-state index contributed by atoms with van der Waals surface area (Å²) in [6, 6.07) is 16.4. The van der Waals surface area contributed by atoms with E-state index in [-0.39, 0.29) is 12.4 Å². The molecule has 0 aliphatic rings. The molecule has 2 aromatic rings. The van der Waals surface area contributed by atoms with Crippen molar-refractivity contribution in [2.45, 2.75) is 25.3 Å². The predicted octanol–water partition coefficient (Wildman–Crippen LogP) is 3.29. The second-order valence-corrected chi connectivity index (χ2v) is 7.89. The Morgan fingerprint density at radius 1 is 0.966 bits per heavy atom. The van der Waals surface area contributed by atoms with Gasteiger partial charge in [0, 0.05) is 6.42 Å². The number of aliphatic carboxylic acids is 2. The maximum Gasteiger partial charge on any atom is 0.395 e. The highest BCUT2D eigenvalue weighted by molar-refractivity contribution is 7.53. The summed E-state index contributed by atoms with van der Waals surface area (Å²) >= 11 is 0. The van der Waals surface area contributed by atoms with Crippen LogP contribution < -0.4 is 4.89 Å². The van der Waals surface area contributed by atoms with Gasteiger partial charge in [-0.15, -0.1) is 0 Å². The first-order chi connectivity index (χ1) is 13.8. The minimum absolute atomic E-state index is 0.126. The van der Waals surface area contributed by atoms with Gasteiger partial charge >= 0.3 is 19.5 Å². The highest BCUT2D eigenvalue weighted by atomic mass is 31.2. The number of rotatable bonds is 12. The number of benzene rings is 2. The van der Waals surface area contributed by atoms with E-state index in [2.05, 4.69) is 4.67 Å². The Bertz CT molecular complexity index is 841. The molecule has 2 aromatic carbocycles. The third-order valence-electron chi connectivity index (χ3n) is 3.90. The first kappa shape index (κ1) is 22.6. The van der Waals surface area contributed by atoms with Gasteiger partial charge in [-0.1, -0.05) is 53.2 Å². The maximum atomic E-state index is 12.8. The van der Waals surface area contributed by atoms with Crippen LogP contribution in [-0.4, -0.2) is 32.9 Å². The van der Waals surface area contributed by atoms with Crippen LogP contribution in [0.5, 0.6) is 5.75 Å². The highest BCUT2D eigenvalue weighted by Crippen LogP contribution is 2.52. The monoisotopic (exact) mass is 424 g/mol. The first-order valence-electron chi connectivity index (χ1n) is 8.63. The van der Waals surface area contributed by atoms with Gasteiger partial charge in [-0.2, -0.15) is 0 Å². The van der Waals surface area contributed by atoms with Crippen LogP contribution in [-0.2, 0) is 30.2 Å². The zero-order valence-corrected chi connectivity index (χ0v) is 16.2. The summed E-state index contributed by atoms with van der Waals surface area (Å²) in [6.07, 6.45) is -0.953. The van der Waals surface area contributed by atoms with Gasteiger partial charge in [-0.05, 0) is 24.1 Å². The molecule has 0 radical (unpaired) electrons. The molecule has 29 heavy (non-hydrogen) atoms. The Kier molecular flexibility index (Phi) is 8.35. The Morgan fingerprint density at radius 3 is 2.10 bits per heavy atom. The summed E-state index contributed by atoms with van der Waals surface area (Å²) in [5, 5.41) is 18.4. The second-order valence-electron chi connectivity index (χ2n) is 6.10. The van der Waals surface area contributed by atoms with E-state index < -0.39 is 44.1 Å². The number of para-hydroxylation sites is 1. The van der Waals surface area contributed by atoms with Crippen molar-refractivity contribution >= 4 is 19.5 Å². The van der Waals surface area contributed by atoms with E-state index in [0.29, 0.717) is 5.56 Å². The van der Waals surface area contributed by atoms with Crippen molar-refractivity contribution in [2.75, 3.05) is 0 Å². The third-order valence-corrected chi connectivity index (χ3v) is 5.34.